The summed E-state index contributed by atoms with van der Waals surface area (Å²) in [5, 5.41) is 9.35. The quantitative estimate of drug-likeness (QED) is 0.775. The highest BCUT2D eigenvalue weighted by atomic mass is 79.9. The van der Waals surface area contributed by atoms with Crippen LogP contribution in [0.5, 0.6) is 0 Å². The van der Waals surface area contributed by atoms with Crippen molar-refractivity contribution >= 4 is 27.5 Å². The molecule has 0 spiro atoms. The summed E-state index contributed by atoms with van der Waals surface area (Å²) < 4.78 is 0.980. The van der Waals surface area contributed by atoms with Crippen LogP contribution in [0.3, 0.4) is 0 Å². The summed E-state index contributed by atoms with van der Waals surface area (Å²) in [6.07, 6.45) is 3.15. The van der Waals surface area contributed by atoms with E-state index in [1.54, 1.807) is 0 Å². The van der Waals surface area contributed by atoms with Gasteiger partial charge in [0.05, 0.1) is 11.3 Å². The van der Waals surface area contributed by atoms with Gasteiger partial charge < -0.3 is 0 Å². The largest absolute Gasteiger partial charge is 0.238 e. The summed E-state index contributed by atoms with van der Waals surface area (Å²) in [7, 11) is 0. The summed E-state index contributed by atoms with van der Waals surface area (Å²) in [5.41, 5.74) is 2.52. The lowest BCUT2D eigenvalue weighted by atomic mass is 10.1. The zero-order valence-corrected chi connectivity index (χ0v) is 10.7. The molecule has 2 nitrogen and oxygen atoms in total. The van der Waals surface area contributed by atoms with Crippen molar-refractivity contribution in [3.05, 3.63) is 26.4 Å². The zero-order chi connectivity index (χ0) is 11.0. The molecule has 0 radical (unpaired) electrons. The first-order valence-corrected chi connectivity index (χ1v) is 6.14. The highest BCUT2D eigenvalue weighted by Gasteiger charge is 2.29. The van der Waals surface area contributed by atoms with Crippen molar-refractivity contribution < 1.29 is 0 Å². The summed E-state index contributed by atoms with van der Waals surface area (Å²) in [6.45, 7) is 2.02. The maximum atomic E-state index is 9.00. The summed E-state index contributed by atoms with van der Waals surface area (Å²) in [5.74, 6) is 0.537. The third-order valence-electron chi connectivity index (χ3n) is 2.65. The fourth-order valence-electron chi connectivity index (χ4n) is 1.67. The van der Waals surface area contributed by atoms with Gasteiger partial charge in [0.2, 0.25) is 0 Å². The average molecular weight is 286 g/mol. The molecule has 78 valence electrons. The first-order chi connectivity index (χ1) is 7.19. The van der Waals surface area contributed by atoms with Crippen molar-refractivity contribution in [2.45, 2.75) is 32.1 Å². The molecule has 15 heavy (non-hydrogen) atoms. The molecule has 1 aromatic rings. The zero-order valence-electron chi connectivity index (χ0n) is 8.35. The first-order valence-electron chi connectivity index (χ1n) is 4.96. The molecule has 0 amide bonds. The van der Waals surface area contributed by atoms with E-state index < -0.39 is 0 Å². The molecule has 0 aliphatic heterocycles. The number of rotatable bonds is 2. The van der Waals surface area contributed by atoms with Crippen LogP contribution in [0.1, 0.15) is 42.5 Å². The smallest absolute Gasteiger partial charge is 0.147 e. The van der Waals surface area contributed by atoms with Crippen molar-refractivity contribution in [2.24, 2.45) is 0 Å². The van der Waals surface area contributed by atoms with Gasteiger partial charge in [-0.3, -0.25) is 0 Å². The maximum Gasteiger partial charge on any atom is 0.147 e. The Balaban J connectivity index is 2.63. The Morgan fingerprint density at radius 3 is 2.73 bits per heavy atom. The second-order valence-electron chi connectivity index (χ2n) is 3.70. The number of hydrogen-bond acceptors (Lipinski definition) is 2. The number of hydrogen-bond donors (Lipinski definition) is 0. The van der Waals surface area contributed by atoms with E-state index in [1.165, 1.54) is 12.8 Å². The van der Waals surface area contributed by atoms with E-state index >= 15 is 0 Å². The average Bonchev–Trinajstić information content (AvgIpc) is 3.03. The minimum atomic E-state index is 0.347. The summed E-state index contributed by atoms with van der Waals surface area (Å²) in [4.78, 5) is 4.31. The van der Waals surface area contributed by atoms with E-state index in [1.807, 2.05) is 6.92 Å². The molecular weight excluding hydrogens is 275 g/mol. The number of nitrogens with zero attached hydrogens (tertiary/aromatic N) is 2. The van der Waals surface area contributed by atoms with Crippen LogP contribution in [0.4, 0.5) is 0 Å². The molecule has 1 heterocycles. The summed E-state index contributed by atoms with van der Waals surface area (Å²) in [6, 6.07) is 2.12. The van der Waals surface area contributed by atoms with Crippen molar-refractivity contribution in [1.29, 1.82) is 5.26 Å². The third-order valence-corrected chi connectivity index (χ3v) is 3.80. The van der Waals surface area contributed by atoms with Crippen LogP contribution in [0.2, 0.25) is 5.15 Å². The van der Waals surface area contributed by atoms with Gasteiger partial charge in [-0.25, -0.2) is 4.98 Å². The van der Waals surface area contributed by atoms with Crippen LogP contribution in [-0.2, 0) is 6.42 Å². The standard InChI is InChI=1S/C11H10BrClN2/c1-2-7-8(5-14)11(13)15-10(9(7)12)6-3-4-6/h6H,2-4H2,1H3. The van der Waals surface area contributed by atoms with E-state index in [0.29, 0.717) is 16.6 Å². The van der Waals surface area contributed by atoms with Crippen molar-refractivity contribution in [1.82, 2.24) is 4.98 Å². The van der Waals surface area contributed by atoms with Gasteiger partial charge in [0.15, 0.2) is 0 Å². The molecule has 1 aliphatic carbocycles. The molecule has 4 heteroatoms. The molecule has 2 rings (SSSR count). The fraction of sp³-hybridized carbons (Fsp3) is 0.455. The molecule has 0 N–H and O–H groups in total. The molecule has 1 aromatic heterocycles. The molecule has 0 saturated heterocycles. The Hall–Kier alpha value is -0.590. The number of halogens is 2. The van der Waals surface area contributed by atoms with Crippen LogP contribution in [0, 0.1) is 11.3 Å². The summed E-state index contributed by atoms with van der Waals surface area (Å²) >= 11 is 9.54. The second-order valence-corrected chi connectivity index (χ2v) is 4.85. The lowest BCUT2D eigenvalue weighted by Gasteiger charge is -2.10. The Labute approximate surface area is 102 Å². The topological polar surface area (TPSA) is 36.7 Å². The Kier molecular flexibility index (Phi) is 2.99. The molecule has 1 aliphatic rings. The molecule has 1 fully saturated rings. The molecule has 0 bridgehead atoms. The molecule has 1 saturated carbocycles. The maximum absolute atomic E-state index is 9.00. The van der Waals surface area contributed by atoms with Crippen LogP contribution in [0.15, 0.2) is 4.47 Å². The van der Waals surface area contributed by atoms with Crippen LogP contribution >= 0.6 is 27.5 Å². The van der Waals surface area contributed by atoms with Gasteiger partial charge in [-0.2, -0.15) is 5.26 Å². The van der Waals surface area contributed by atoms with Crippen molar-refractivity contribution in [3.63, 3.8) is 0 Å². The highest BCUT2D eigenvalue weighted by Crippen LogP contribution is 2.44. The molecule has 0 unspecified atom stereocenters. The Morgan fingerprint density at radius 2 is 2.27 bits per heavy atom. The first kappa shape index (κ1) is 10.9. The fourth-order valence-corrected chi connectivity index (χ4v) is 2.81. The number of pyridine rings is 1. The second kappa shape index (κ2) is 4.11. The molecule has 0 aromatic carbocycles. The molecular formula is C11H10BrClN2. The number of nitriles is 1. The molecule has 0 atom stereocenters. The highest BCUT2D eigenvalue weighted by molar-refractivity contribution is 9.10. The predicted octanol–water partition coefficient (Wildman–Crippen LogP) is 3.81. The van der Waals surface area contributed by atoms with E-state index in [0.717, 1.165) is 22.2 Å². The van der Waals surface area contributed by atoms with Crippen LogP contribution < -0.4 is 0 Å². The normalized spacial score (nSPS) is 15.1. The van der Waals surface area contributed by atoms with E-state index in [9.17, 15) is 0 Å². The monoisotopic (exact) mass is 284 g/mol. The van der Waals surface area contributed by atoms with E-state index in [-0.39, 0.29) is 0 Å². The Morgan fingerprint density at radius 1 is 1.60 bits per heavy atom. The van der Waals surface area contributed by atoms with Gasteiger partial charge in [-0.15, -0.1) is 0 Å². The third kappa shape index (κ3) is 1.89. The van der Waals surface area contributed by atoms with Gasteiger partial charge >= 0.3 is 0 Å². The minimum absolute atomic E-state index is 0.347. The lowest BCUT2D eigenvalue weighted by Crippen LogP contribution is -1.99. The van der Waals surface area contributed by atoms with Crippen LogP contribution in [0.25, 0.3) is 0 Å². The van der Waals surface area contributed by atoms with E-state index in [2.05, 4.69) is 27.0 Å². The predicted molar refractivity (Wildman–Crippen MR) is 63.0 cm³/mol. The van der Waals surface area contributed by atoms with Crippen molar-refractivity contribution in [3.8, 4) is 6.07 Å². The lowest BCUT2D eigenvalue weighted by molar-refractivity contribution is 0.972. The van der Waals surface area contributed by atoms with Gasteiger partial charge in [0.1, 0.15) is 11.2 Å². The number of aromatic nitrogens is 1. The van der Waals surface area contributed by atoms with Crippen molar-refractivity contribution in [2.75, 3.05) is 0 Å². The van der Waals surface area contributed by atoms with Gasteiger partial charge in [0.25, 0.3) is 0 Å². The SMILES string of the molecule is CCc1c(Br)c(C2CC2)nc(Cl)c1C#N. The Bertz CT molecular complexity index is 447. The van der Waals surface area contributed by atoms with E-state index in [4.69, 9.17) is 16.9 Å². The minimum Gasteiger partial charge on any atom is -0.238 e. The van der Waals surface area contributed by atoms with Crippen LogP contribution in [-0.4, -0.2) is 4.98 Å². The van der Waals surface area contributed by atoms with Gasteiger partial charge in [0, 0.05) is 10.4 Å². The van der Waals surface area contributed by atoms with Gasteiger partial charge in [-0.05, 0) is 40.8 Å². The van der Waals surface area contributed by atoms with Gasteiger partial charge in [-0.1, -0.05) is 18.5 Å².